The third-order valence-corrected chi connectivity index (χ3v) is 3.10. The molecule has 2 rings (SSSR count). The van der Waals surface area contributed by atoms with E-state index in [1.165, 1.54) is 0 Å². The molecule has 1 heterocycles. The third kappa shape index (κ3) is 3.22. The average Bonchev–Trinajstić information content (AvgIpc) is 2.42. The van der Waals surface area contributed by atoms with Crippen LogP contribution in [0.25, 0.3) is 0 Å². The summed E-state index contributed by atoms with van der Waals surface area (Å²) in [4.78, 5) is 4.15. The molecule has 0 fully saturated rings. The molecule has 19 heavy (non-hydrogen) atoms. The summed E-state index contributed by atoms with van der Waals surface area (Å²) in [6.07, 6.45) is 1.73. The Labute approximate surface area is 112 Å². The highest BCUT2D eigenvalue weighted by molar-refractivity contribution is 5.52. The van der Waals surface area contributed by atoms with Gasteiger partial charge in [0, 0.05) is 31.0 Å². The van der Waals surface area contributed by atoms with E-state index in [2.05, 4.69) is 15.6 Å². The number of hydrogen-bond donors (Lipinski definition) is 2. The van der Waals surface area contributed by atoms with Gasteiger partial charge in [-0.3, -0.25) is 0 Å². The van der Waals surface area contributed by atoms with Crippen molar-refractivity contribution < 1.29 is 4.39 Å². The molecular formula is C15H18FN3. The molecule has 100 valence electrons. The second-order valence-corrected chi connectivity index (χ2v) is 4.55. The minimum absolute atomic E-state index is 0.0298. The SMILES string of the molecule is CNc1cc(NC(C)c2ccc(C)c(F)c2)ccn1. The molecule has 1 aromatic carbocycles. The van der Waals surface area contributed by atoms with E-state index in [1.54, 1.807) is 25.3 Å². The zero-order chi connectivity index (χ0) is 13.8. The average molecular weight is 259 g/mol. The van der Waals surface area contributed by atoms with Crippen molar-refractivity contribution in [3.63, 3.8) is 0 Å². The summed E-state index contributed by atoms with van der Waals surface area (Å²) in [6.45, 7) is 3.77. The molecule has 1 unspecified atom stereocenters. The Morgan fingerprint density at radius 2 is 2.00 bits per heavy atom. The minimum Gasteiger partial charge on any atom is -0.378 e. The van der Waals surface area contributed by atoms with Gasteiger partial charge in [0.2, 0.25) is 0 Å². The number of hydrogen-bond acceptors (Lipinski definition) is 3. The fourth-order valence-corrected chi connectivity index (χ4v) is 1.87. The Kier molecular flexibility index (Phi) is 4.00. The number of rotatable bonds is 4. The molecule has 1 aromatic heterocycles. The first-order valence-corrected chi connectivity index (χ1v) is 6.26. The summed E-state index contributed by atoms with van der Waals surface area (Å²) >= 11 is 0. The summed E-state index contributed by atoms with van der Waals surface area (Å²) < 4.78 is 13.5. The molecule has 2 N–H and O–H groups in total. The number of anilines is 2. The number of aryl methyl sites for hydroxylation is 1. The second-order valence-electron chi connectivity index (χ2n) is 4.55. The quantitative estimate of drug-likeness (QED) is 0.878. The maximum atomic E-state index is 13.5. The van der Waals surface area contributed by atoms with Gasteiger partial charge in [-0.15, -0.1) is 0 Å². The Hall–Kier alpha value is -2.10. The van der Waals surface area contributed by atoms with Crippen molar-refractivity contribution in [2.45, 2.75) is 19.9 Å². The van der Waals surface area contributed by atoms with Crippen molar-refractivity contribution in [1.29, 1.82) is 0 Å². The lowest BCUT2D eigenvalue weighted by molar-refractivity contribution is 0.614. The van der Waals surface area contributed by atoms with Gasteiger partial charge in [-0.25, -0.2) is 9.37 Å². The van der Waals surface area contributed by atoms with Crippen molar-refractivity contribution in [3.05, 3.63) is 53.5 Å². The van der Waals surface area contributed by atoms with Crippen molar-refractivity contribution >= 4 is 11.5 Å². The van der Waals surface area contributed by atoms with Crippen molar-refractivity contribution in [2.75, 3.05) is 17.7 Å². The maximum Gasteiger partial charge on any atom is 0.127 e. The molecule has 0 aliphatic rings. The van der Waals surface area contributed by atoms with E-state index in [1.807, 2.05) is 32.2 Å². The van der Waals surface area contributed by atoms with Crippen molar-refractivity contribution in [1.82, 2.24) is 4.98 Å². The molecule has 0 amide bonds. The van der Waals surface area contributed by atoms with E-state index in [-0.39, 0.29) is 11.9 Å². The van der Waals surface area contributed by atoms with Crippen LogP contribution in [0.3, 0.4) is 0 Å². The fourth-order valence-electron chi connectivity index (χ4n) is 1.87. The first kappa shape index (κ1) is 13.3. The summed E-state index contributed by atoms with van der Waals surface area (Å²) in [6, 6.07) is 9.16. The van der Waals surface area contributed by atoms with Crippen LogP contribution in [0.15, 0.2) is 36.5 Å². The smallest absolute Gasteiger partial charge is 0.127 e. The van der Waals surface area contributed by atoms with Crippen LogP contribution in [0.1, 0.15) is 24.1 Å². The van der Waals surface area contributed by atoms with Gasteiger partial charge in [0.05, 0.1) is 0 Å². The van der Waals surface area contributed by atoms with Crippen LogP contribution in [0.4, 0.5) is 15.9 Å². The summed E-state index contributed by atoms with van der Waals surface area (Å²) in [5, 5.41) is 6.32. The zero-order valence-corrected chi connectivity index (χ0v) is 11.4. The lowest BCUT2D eigenvalue weighted by atomic mass is 10.1. The topological polar surface area (TPSA) is 37.0 Å². The van der Waals surface area contributed by atoms with Crippen LogP contribution in [-0.4, -0.2) is 12.0 Å². The van der Waals surface area contributed by atoms with Crippen LogP contribution in [0, 0.1) is 12.7 Å². The van der Waals surface area contributed by atoms with Gasteiger partial charge < -0.3 is 10.6 Å². The van der Waals surface area contributed by atoms with E-state index in [9.17, 15) is 4.39 Å². The number of nitrogens with zero attached hydrogens (tertiary/aromatic N) is 1. The number of aromatic nitrogens is 1. The monoisotopic (exact) mass is 259 g/mol. The van der Waals surface area contributed by atoms with E-state index in [4.69, 9.17) is 0 Å². The predicted molar refractivity (Wildman–Crippen MR) is 77.0 cm³/mol. The first-order valence-electron chi connectivity index (χ1n) is 6.26. The second kappa shape index (κ2) is 5.69. The Morgan fingerprint density at radius 3 is 2.68 bits per heavy atom. The largest absolute Gasteiger partial charge is 0.378 e. The third-order valence-electron chi connectivity index (χ3n) is 3.10. The molecule has 0 spiro atoms. The zero-order valence-electron chi connectivity index (χ0n) is 11.4. The highest BCUT2D eigenvalue weighted by atomic mass is 19.1. The van der Waals surface area contributed by atoms with Gasteiger partial charge in [-0.05, 0) is 37.1 Å². The first-order chi connectivity index (χ1) is 9.10. The normalized spacial score (nSPS) is 12.0. The van der Waals surface area contributed by atoms with Crippen molar-refractivity contribution in [2.24, 2.45) is 0 Å². The Bertz CT molecular complexity index is 569. The summed E-state index contributed by atoms with van der Waals surface area (Å²) in [5.74, 6) is 0.629. The fraction of sp³-hybridized carbons (Fsp3) is 0.267. The number of pyridine rings is 1. The maximum absolute atomic E-state index is 13.5. The number of halogens is 1. The molecule has 0 aliphatic carbocycles. The van der Waals surface area contributed by atoms with Crippen LogP contribution < -0.4 is 10.6 Å². The molecule has 0 radical (unpaired) electrons. The summed E-state index contributed by atoms with van der Waals surface area (Å²) in [5.41, 5.74) is 2.54. The molecule has 0 aliphatic heterocycles. The molecule has 0 saturated heterocycles. The van der Waals surface area contributed by atoms with E-state index in [0.29, 0.717) is 5.56 Å². The van der Waals surface area contributed by atoms with Gasteiger partial charge in [0.25, 0.3) is 0 Å². The molecule has 0 bridgehead atoms. The molecular weight excluding hydrogens is 241 g/mol. The lowest BCUT2D eigenvalue weighted by Gasteiger charge is -2.16. The van der Waals surface area contributed by atoms with Crippen LogP contribution in [0.5, 0.6) is 0 Å². The van der Waals surface area contributed by atoms with Gasteiger partial charge >= 0.3 is 0 Å². The van der Waals surface area contributed by atoms with Gasteiger partial charge in [-0.2, -0.15) is 0 Å². The van der Waals surface area contributed by atoms with Gasteiger partial charge in [0.1, 0.15) is 11.6 Å². The van der Waals surface area contributed by atoms with Gasteiger partial charge in [0.15, 0.2) is 0 Å². The lowest BCUT2D eigenvalue weighted by Crippen LogP contribution is -2.07. The van der Waals surface area contributed by atoms with E-state index in [0.717, 1.165) is 17.1 Å². The van der Waals surface area contributed by atoms with Gasteiger partial charge in [-0.1, -0.05) is 12.1 Å². The molecule has 0 saturated carbocycles. The minimum atomic E-state index is -0.170. The van der Waals surface area contributed by atoms with Crippen LogP contribution in [0.2, 0.25) is 0 Å². The highest BCUT2D eigenvalue weighted by Crippen LogP contribution is 2.22. The molecule has 3 nitrogen and oxygen atoms in total. The number of nitrogens with one attached hydrogen (secondary N) is 2. The molecule has 4 heteroatoms. The van der Waals surface area contributed by atoms with E-state index < -0.39 is 0 Å². The number of benzene rings is 1. The predicted octanol–water partition coefficient (Wildman–Crippen LogP) is 3.74. The van der Waals surface area contributed by atoms with Crippen molar-refractivity contribution in [3.8, 4) is 0 Å². The van der Waals surface area contributed by atoms with E-state index >= 15 is 0 Å². The molecule has 2 aromatic rings. The Morgan fingerprint density at radius 1 is 1.21 bits per heavy atom. The van der Waals surface area contributed by atoms with Crippen LogP contribution in [-0.2, 0) is 0 Å². The standard InChI is InChI=1S/C15H18FN3/c1-10-4-5-12(8-14(10)16)11(2)19-13-6-7-18-15(9-13)17-3/h4-9,11H,1-3H3,(H2,17,18,19). The molecule has 1 atom stereocenters. The van der Waals surface area contributed by atoms with Crippen LogP contribution >= 0.6 is 0 Å². The highest BCUT2D eigenvalue weighted by Gasteiger charge is 2.08. The summed E-state index contributed by atoms with van der Waals surface area (Å²) in [7, 11) is 1.82. The Balaban J connectivity index is 2.15.